The van der Waals surface area contributed by atoms with E-state index >= 15 is 0 Å². The number of nitrogens with zero attached hydrogens (tertiary/aromatic N) is 3. The summed E-state index contributed by atoms with van der Waals surface area (Å²) in [6, 6.07) is 7.80. The molecule has 0 unspecified atom stereocenters. The van der Waals surface area contributed by atoms with E-state index in [1.807, 2.05) is 6.07 Å². The number of nitrogens with one attached hydrogen (secondary N) is 2. The Morgan fingerprint density at radius 1 is 1.39 bits per heavy atom. The molecule has 142 valence electrons. The van der Waals surface area contributed by atoms with E-state index in [1.165, 1.54) is 18.3 Å². The highest BCUT2D eigenvalue weighted by molar-refractivity contribution is 6.09. The maximum atomic E-state index is 13.9. The lowest BCUT2D eigenvalue weighted by molar-refractivity contribution is -0.131. The van der Waals surface area contributed by atoms with Crippen LogP contribution in [0.2, 0.25) is 0 Å². The first-order valence-corrected chi connectivity index (χ1v) is 9.09. The first kappa shape index (κ1) is 17.9. The normalized spacial score (nSPS) is 16.9. The van der Waals surface area contributed by atoms with Gasteiger partial charge in [-0.2, -0.15) is 5.26 Å². The molecular weight excluding hydrogens is 361 g/mol. The van der Waals surface area contributed by atoms with Crippen molar-refractivity contribution in [2.75, 3.05) is 18.4 Å². The van der Waals surface area contributed by atoms with Gasteiger partial charge in [-0.1, -0.05) is 0 Å². The van der Waals surface area contributed by atoms with Crippen molar-refractivity contribution in [3.05, 3.63) is 46.6 Å². The van der Waals surface area contributed by atoms with Gasteiger partial charge in [0, 0.05) is 36.1 Å². The van der Waals surface area contributed by atoms with Crippen molar-refractivity contribution >= 4 is 33.4 Å². The van der Waals surface area contributed by atoms with Gasteiger partial charge in [0.2, 0.25) is 5.91 Å². The summed E-state index contributed by atoms with van der Waals surface area (Å²) in [5.41, 5.74) is 0.149. The molecule has 1 aliphatic heterocycles. The van der Waals surface area contributed by atoms with Crippen LogP contribution >= 0.6 is 0 Å². The number of pyridine rings is 2. The van der Waals surface area contributed by atoms with Gasteiger partial charge in [0.25, 0.3) is 5.56 Å². The number of carbonyl (C=O) groups is 1. The molecule has 3 aromatic rings. The van der Waals surface area contributed by atoms with Crippen LogP contribution in [0.4, 0.5) is 10.2 Å². The molecule has 0 bridgehead atoms. The fraction of sp³-hybridized carbons (Fsp3) is 0.300. The van der Waals surface area contributed by atoms with Gasteiger partial charge in [-0.05, 0) is 37.1 Å². The van der Waals surface area contributed by atoms with E-state index in [1.54, 1.807) is 17.0 Å². The molecule has 2 N–H and O–H groups in total. The lowest BCUT2D eigenvalue weighted by atomic mass is 10.0. The molecule has 0 spiro atoms. The van der Waals surface area contributed by atoms with Gasteiger partial charge >= 0.3 is 0 Å². The number of benzene rings is 1. The second-order valence-corrected chi connectivity index (χ2v) is 6.88. The Kier molecular flexibility index (Phi) is 4.65. The maximum absolute atomic E-state index is 13.9. The molecule has 1 aromatic carbocycles. The summed E-state index contributed by atoms with van der Waals surface area (Å²) in [5, 5.41) is 13.6. The molecule has 0 aliphatic carbocycles. The van der Waals surface area contributed by atoms with Gasteiger partial charge in [0.15, 0.2) is 0 Å². The van der Waals surface area contributed by atoms with E-state index in [9.17, 15) is 14.0 Å². The van der Waals surface area contributed by atoms with Crippen LogP contribution in [0, 0.1) is 17.1 Å². The number of aromatic nitrogens is 2. The van der Waals surface area contributed by atoms with Crippen LogP contribution in [0.5, 0.6) is 0 Å². The minimum atomic E-state index is -0.430. The molecular formula is C20H18FN5O2. The number of aromatic amines is 1. The van der Waals surface area contributed by atoms with Crippen LogP contribution < -0.4 is 10.9 Å². The van der Waals surface area contributed by atoms with Gasteiger partial charge < -0.3 is 15.2 Å². The predicted molar refractivity (Wildman–Crippen MR) is 103 cm³/mol. The van der Waals surface area contributed by atoms with Crippen molar-refractivity contribution in [2.45, 2.75) is 25.3 Å². The number of piperidine rings is 1. The van der Waals surface area contributed by atoms with Gasteiger partial charge in [0.05, 0.1) is 17.0 Å². The Hall–Kier alpha value is -3.47. The molecule has 3 heterocycles. The Labute approximate surface area is 159 Å². The summed E-state index contributed by atoms with van der Waals surface area (Å²) < 4.78 is 13.9. The molecule has 4 rings (SSSR count). The highest BCUT2D eigenvalue weighted by Crippen LogP contribution is 2.29. The first-order valence-electron chi connectivity index (χ1n) is 9.09. The molecule has 1 saturated heterocycles. The molecule has 1 atom stereocenters. The number of likely N-dealkylation sites (tertiary alicyclic amines) is 1. The topological polar surface area (TPSA) is 102 Å². The molecule has 2 aromatic heterocycles. The van der Waals surface area contributed by atoms with Crippen molar-refractivity contribution in [1.29, 1.82) is 5.26 Å². The summed E-state index contributed by atoms with van der Waals surface area (Å²) in [6.45, 7) is 1.10. The zero-order valence-corrected chi connectivity index (χ0v) is 15.0. The molecule has 28 heavy (non-hydrogen) atoms. The molecule has 8 heteroatoms. The predicted octanol–water partition coefficient (Wildman–Crippen LogP) is 2.53. The van der Waals surface area contributed by atoms with E-state index in [2.05, 4.69) is 15.3 Å². The van der Waals surface area contributed by atoms with Crippen molar-refractivity contribution in [1.82, 2.24) is 14.9 Å². The number of hydrogen-bond donors (Lipinski definition) is 2. The molecule has 1 amide bonds. The Morgan fingerprint density at radius 3 is 3.07 bits per heavy atom. The van der Waals surface area contributed by atoms with Crippen LogP contribution in [0.25, 0.3) is 21.7 Å². The van der Waals surface area contributed by atoms with Gasteiger partial charge in [-0.15, -0.1) is 0 Å². The monoisotopic (exact) mass is 379 g/mol. The Bertz CT molecular complexity index is 1170. The number of nitriles is 1. The minimum absolute atomic E-state index is 0.0448. The quantitative estimate of drug-likeness (QED) is 0.681. The lowest BCUT2D eigenvalue weighted by Gasteiger charge is -2.33. The molecule has 0 radical (unpaired) electrons. The summed E-state index contributed by atoms with van der Waals surface area (Å²) in [7, 11) is 0. The Morgan fingerprint density at radius 2 is 2.25 bits per heavy atom. The fourth-order valence-corrected chi connectivity index (χ4v) is 3.74. The smallest absolute Gasteiger partial charge is 0.258 e. The van der Waals surface area contributed by atoms with Gasteiger partial charge in [-0.3, -0.25) is 9.59 Å². The minimum Gasteiger partial charge on any atom is -0.365 e. The number of carbonyl (C=O) groups excluding carboxylic acids is 1. The molecule has 7 nitrogen and oxygen atoms in total. The van der Waals surface area contributed by atoms with Crippen molar-refractivity contribution in [3.63, 3.8) is 0 Å². The second-order valence-electron chi connectivity index (χ2n) is 6.88. The van der Waals surface area contributed by atoms with E-state index in [-0.39, 0.29) is 23.9 Å². The van der Waals surface area contributed by atoms with Crippen LogP contribution in [-0.4, -0.2) is 39.9 Å². The average molecular weight is 379 g/mol. The summed E-state index contributed by atoms with van der Waals surface area (Å²) in [4.78, 5) is 33.2. The van der Waals surface area contributed by atoms with E-state index in [4.69, 9.17) is 5.26 Å². The highest BCUT2D eigenvalue weighted by atomic mass is 19.1. The zero-order valence-electron chi connectivity index (χ0n) is 15.0. The third kappa shape index (κ3) is 3.27. The summed E-state index contributed by atoms with van der Waals surface area (Å²) in [6.07, 6.45) is 3.03. The van der Waals surface area contributed by atoms with E-state index in [0.717, 1.165) is 12.8 Å². The van der Waals surface area contributed by atoms with Crippen molar-refractivity contribution in [3.8, 4) is 6.07 Å². The second kappa shape index (κ2) is 7.27. The largest absolute Gasteiger partial charge is 0.365 e. The number of fused-ring (bicyclic) bond motifs is 3. The standard InChI is InChI=1S/C20H18FN5O2/c21-12-3-4-14-15(10-12)18-16(6-8-23-20(18)28)25-19(14)24-13-2-1-9-26(11-13)17(27)5-7-22/h3-4,6,8,10,13H,1-2,5,9,11H2,(H,23,28)(H,24,25)/t13-/m1/s1. The van der Waals surface area contributed by atoms with Crippen molar-refractivity contribution in [2.24, 2.45) is 0 Å². The highest BCUT2D eigenvalue weighted by Gasteiger charge is 2.24. The molecule has 1 fully saturated rings. The van der Waals surface area contributed by atoms with Crippen molar-refractivity contribution < 1.29 is 9.18 Å². The number of rotatable bonds is 3. The number of anilines is 1. The van der Waals surface area contributed by atoms with E-state index < -0.39 is 5.82 Å². The van der Waals surface area contributed by atoms with Gasteiger partial charge in [-0.25, -0.2) is 9.37 Å². The average Bonchev–Trinajstić information content (AvgIpc) is 2.68. The number of H-pyrrole nitrogens is 1. The van der Waals surface area contributed by atoms with Crippen LogP contribution in [0.15, 0.2) is 35.3 Å². The zero-order chi connectivity index (χ0) is 19.7. The fourth-order valence-electron chi connectivity index (χ4n) is 3.74. The summed E-state index contributed by atoms with van der Waals surface area (Å²) in [5.74, 6) is -0.0632. The SMILES string of the molecule is N#CCC(=O)N1CCC[C@@H](Nc2nc3cc[nH]c(=O)c3c3cc(F)ccc23)C1. The first-order chi connectivity index (χ1) is 13.6. The lowest BCUT2D eigenvalue weighted by Crippen LogP contribution is -2.45. The van der Waals surface area contributed by atoms with Crippen LogP contribution in [-0.2, 0) is 4.79 Å². The van der Waals surface area contributed by atoms with E-state index in [0.29, 0.717) is 40.6 Å². The maximum Gasteiger partial charge on any atom is 0.258 e. The third-order valence-corrected chi connectivity index (χ3v) is 5.02. The Balaban J connectivity index is 1.73. The number of hydrogen-bond acceptors (Lipinski definition) is 5. The third-order valence-electron chi connectivity index (χ3n) is 5.02. The van der Waals surface area contributed by atoms with Crippen LogP contribution in [0.1, 0.15) is 19.3 Å². The summed E-state index contributed by atoms with van der Waals surface area (Å²) >= 11 is 0. The molecule has 1 aliphatic rings. The number of amides is 1. The number of halogens is 1. The van der Waals surface area contributed by atoms with Gasteiger partial charge in [0.1, 0.15) is 18.1 Å². The van der Waals surface area contributed by atoms with Crippen LogP contribution in [0.3, 0.4) is 0 Å². The molecule has 0 saturated carbocycles.